The summed E-state index contributed by atoms with van der Waals surface area (Å²) >= 11 is 7.78. The van der Waals surface area contributed by atoms with Gasteiger partial charge in [-0.25, -0.2) is 0 Å². The maximum absolute atomic E-state index is 11.8. The van der Waals surface area contributed by atoms with Crippen LogP contribution in [0, 0.1) is 0 Å². The number of hydrogen-bond donors (Lipinski definition) is 2. The highest BCUT2D eigenvalue weighted by molar-refractivity contribution is 7.98. The van der Waals surface area contributed by atoms with Crippen molar-refractivity contribution < 1.29 is 4.79 Å². The van der Waals surface area contributed by atoms with E-state index in [-0.39, 0.29) is 5.91 Å². The van der Waals surface area contributed by atoms with Gasteiger partial charge in [0.1, 0.15) is 0 Å². The molecule has 2 aromatic carbocycles. The Kier molecular flexibility index (Phi) is 5.96. The van der Waals surface area contributed by atoms with Gasteiger partial charge in [0.05, 0.1) is 0 Å². The number of nitrogens with two attached hydrogens (primary N) is 1. The zero-order valence-corrected chi connectivity index (χ0v) is 13.1. The van der Waals surface area contributed by atoms with Crippen LogP contribution in [0.3, 0.4) is 0 Å². The van der Waals surface area contributed by atoms with E-state index < -0.39 is 0 Å². The average molecular weight is 321 g/mol. The van der Waals surface area contributed by atoms with Gasteiger partial charge in [0, 0.05) is 34.3 Å². The summed E-state index contributed by atoms with van der Waals surface area (Å²) in [6.45, 7) is 0. The summed E-state index contributed by atoms with van der Waals surface area (Å²) in [4.78, 5) is 11.8. The largest absolute Gasteiger partial charge is 0.399 e. The van der Waals surface area contributed by atoms with Crippen molar-refractivity contribution in [2.75, 3.05) is 16.8 Å². The van der Waals surface area contributed by atoms with Gasteiger partial charge in [-0.05, 0) is 29.8 Å². The third-order valence-electron chi connectivity index (χ3n) is 2.86. The van der Waals surface area contributed by atoms with E-state index in [2.05, 4.69) is 5.32 Å². The Hall–Kier alpha value is -1.65. The second kappa shape index (κ2) is 7.96. The van der Waals surface area contributed by atoms with Gasteiger partial charge in [-0.3, -0.25) is 4.79 Å². The molecule has 0 aliphatic rings. The Labute approximate surface area is 133 Å². The maximum Gasteiger partial charge on any atom is 0.225 e. The second-order valence-electron chi connectivity index (χ2n) is 4.57. The Morgan fingerprint density at radius 2 is 2.00 bits per heavy atom. The lowest BCUT2D eigenvalue weighted by Gasteiger charge is -2.06. The number of nitrogens with one attached hydrogen (secondary N) is 1. The summed E-state index contributed by atoms with van der Waals surface area (Å²) in [7, 11) is 0. The van der Waals surface area contributed by atoms with Crippen molar-refractivity contribution in [2.45, 2.75) is 12.2 Å². The molecule has 2 aromatic rings. The number of rotatable bonds is 6. The molecule has 0 spiro atoms. The summed E-state index contributed by atoms with van der Waals surface area (Å²) in [6, 6.07) is 14.9. The molecule has 2 rings (SSSR count). The molecule has 0 saturated heterocycles. The molecule has 3 nitrogen and oxygen atoms in total. The molecular formula is C16H17ClN2OS. The Morgan fingerprint density at radius 1 is 1.19 bits per heavy atom. The lowest BCUT2D eigenvalue weighted by molar-refractivity contribution is -0.115. The maximum atomic E-state index is 11.8. The Morgan fingerprint density at radius 3 is 2.76 bits per heavy atom. The van der Waals surface area contributed by atoms with Gasteiger partial charge in [0.25, 0.3) is 0 Å². The first kappa shape index (κ1) is 15.7. The normalized spacial score (nSPS) is 10.3. The standard InChI is InChI=1S/C16H17ClN2OS/c17-15-7-2-1-4-12(15)11-21-9-8-16(20)19-14-6-3-5-13(18)10-14/h1-7,10H,8-9,11,18H2,(H,19,20). The van der Waals surface area contributed by atoms with Gasteiger partial charge in [-0.1, -0.05) is 35.9 Å². The number of carbonyl (C=O) groups is 1. The summed E-state index contributed by atoms with van der Waals surface area (Å²) < 4.78 is 0. The van der Waals surface area contributed by atoms with Crippen LogP contribution in [0.15, 0.2) is 48.5 Å². The fourth-order valence-electron chi connectivity index (χ4n) is 1.80. The van der Waals surface area contributed by atoms with E-state index in [0.717, 1.165) is 27.8 Å². The molecule has 0 aliphatic heterocycles. The average Bonchev–Trinajstić information content (AvgIpc) is 2.45. The minimum atomic E-state index is -0.00717. The molecule has 1 amide bonds. The highest BCUT2D eigenvalue weighted by atomic mass is 35.5. The van der Waals surface area contributed by atoms with Gasteiger partial charge >= 0.3 is 0 Å². The van der Waals surface area contributed by atoms with Gasteiger partial charge in [-0.2, -0.15) is 11.8 Å². The number of halogens is 1. The molecular weight excluding hydrogens is 304 g/mol. The van der Waals surface area contributed by atoms with E-state index in [1.165, 1.54) is 0 Å². The fraction of sp³-hybridized carbons (Fsp3) is 0.188. The van der Waals surface area contributed by atoms with Gasteiger partial charge in [0.2, 0.25) is 5.91 Å². The summed E-state index contributed by atoms with van der Waals surface area (Å²) in [5.41, 5.74) is 8.14. The summed E-state index contributed by atoms with van der Waals surface area (Å²) in [5.74, 6) is 1.55. The number of carbonyl (C=O) groups excluding carboxylic acids is 1. The van der Waals surface area contributed by atoms with E-state index in [0.29, 0.717) is 12.1 Å². The van der Waals surface area contributed by atoms with Crippen LogP contribution in [0.2, 0.25) is 5.02 Å². The molecule has 0 aromatic heterocycles. The zero-order valence-electron chi connectivity index (χ0n) is 11.5. The second-order valence-corrected chi connectivity index (χ2v) is 6.08. The van der Waals surface area contributed by atoms with Crippen LogP contribution in [-0.4, -0.2) is 11.7 Å². The number of benzene rings is 2. The van der Waals surface area contributed by atoms with Gasteiger partial charge in [0.15, 0.2) is 0 Å². The molecule has 0 unspecified atom stereocenters. The van der Waals surface area contributed by atoms with Crippen molar-refractivity contribution in [1.29, 1.82) is 0 Å². The lowest BCUT2D eigenvalue weighted by Crippen LogP contribution is -2.12. The highest BCUT2D eigenvalue weighted by Gasteiger charge is 2.04. The van der Waals surface area contributed by atoms with Crippen LogP contribution in [0.25, 0.3) is 0 Å². The van der Waals surface area contributed by atoms with E-state index in [4.69, 9.17) is 17.3 Å². The smallest absolute Gasteiger partial charge is 0.225 e. The number of nitrogen functional groups attached to an aromatic ring is 1. The van der Waals surface area contributed by atoms with Crippen molar-refractivity contribution >= 4 is 40.6 Å². The predicted octanol–water partition coefficient (Wildman–Crippen LogP) is 4.18. The van der Waals surface area contributed by atoms with Crippen LogP contribution >= 0.6 is 23.4 Å². The molecule has 110 valence electrons. The molecule has 0 atom stereocenters. The van der Waals surface area contributed by atoms with Crippen molar-refractivity contribution in [3.63, 3.8) is 0 Å². The summed E-state index contributed by atoms with van der Waals surface area (Å²) in [5, 5.41) is 3.61. The SMILES string of the molecule is Nc1cccc(NC(=O)CCSCc2ccccc2Cl)c1. The van der Waals surface area contributed by atoms with Crippen molar-refractivity contribution in [3.8, 4) is 0 Å². The number of anilines is 2. The van der Waals surface area contributed by atoms with E-state index in [1.54, 1.807) is 23.9 Å². The zero-order chi connectivity index (χ0) is 15.1. The molecule has 0 fully saturated rings. The number of hydrogen-bond acceptors (Lipinski definition) is 3. The highest BCUT2D eigenvalue weighted by Crippen LogP contribution is 2.21. The minimum absolute atomic E-state index is 0.00717. The first-order valence-electron chi connectivity index (χ1n) is 6.61. The number of thioether (sulfide) groups is 1. The quantitative estimate of drug-likeness (QED) is 0.620. The van der Waals surface area contributed by atoms with Crippen molar-refractivity contribution in [2.24, 2.45) is 0 Å². The van der Waals surface area contributed by atoms with Crippen LogP contribution < -0.4 is 11.1 Å². The third kappa shape index (κ3) is 5.33. The predicted molar refractivity (Wildman–Crippen MR) is 91.7 cm³/mol. The van der Waals surface area contributed by atoms with Crippen molar-refractivity contribution in [1.82, 2.24) is 0 Å². The molecule has 5 heteroatoms. The van der Waals surface area contributed by atoms with E-state index >= 15 is 0 Å². The van der Waals surface area contributed by atoms with Crippen LogP contribution in [0.5, 0.6) is 0 Å². The Balaban J connectivity index is 1.71. The van der Waals surface area contributed by atoms with Gasteiger partial charge < -0.3 is 11.1 Å². The molecule has 0 radical (unpaired) electrons. The fourth-order valence-corrected chi connectivity index (χ4v) is 3.03. The third-order valence-corrected chi connectivity index (χ3v) is 4.24. The molecule has 0 bridgehead atoms. The Bertz CT molecular complexity index is 619. The monoisotopic (exact) mass is 320 g/mol. The van der Waals surface area contributed by atoms with Crippen LogP contribution in [-0.2, 0) is 10.5 Å². The van der Waals surface area contributed by atoms with Gasteiger partial charge in [-0.15, -0.1) is 0 Å². The van der Waals surface area contributed by atoms with Crippen LogP contribution in [0.4, 0.5) is 11.4 Å². The topological polar surface area (TPSA) is 55.1 Å². The summed E-state index contributed by atoms with van der Waals surface area (Å²) in [6.07, 6.45) is 0.462. The molecule has 0 saturated carbocycles. The van der Waals surface area contributed by atoms with E-state index in [1.807, 2.05) is 36.4 Å². The molecule has 0 heterocycles. The minimum Gasteiger partial charge on any atom is -0.399 e. The molecule has 21 heavy (non-hydrogen) atoms. The molecule has 3 N–H and O–H groups in total. The van der Waals surface area contributed by atoms with E-state index in [9.17, 15) is 4.79 Å². The van der Waals surface area contributed by atoms with Crippen molar-refractivity contribution in [3.05, 3.63) is 59.1 Å². The number of amides is 1. The van der Waals surface area contributed by atoms with Crippen LogP contribution in [0.1, 0.15) is 12.0 Å². The first-order chi connectivity index (χ1) is 10.1. The lowest BCUT2D eigenvalue weighted by atomic mass is 10.2. The first-order valence-corrected chi connectivity index (χ1v) is 8.15. The molecule has 0 aliphatic carbocycles.